The molecule has 1 aromatic heterocycles. The topological polar surface area (TPSA) is 53.5 Å². The van der Waals surface area contributed by atoms with Crippen LogP contribution in [0.25, 0.3) is 10.6 Å². The number of aromatic nitrogens is 1. The van der Waals surface area contributed by atoms with Gasteiger partial charge in [0.25, 0.3) is 0 Å². The molecule has 2 aromatic rings. The lowest BCUT2D eigenvalue weighted by Crippen LogP contribution is -2.50. The molecular formula is C18H20BrN3O2S. The highest BCUT2D eigenvalue weighted by Crippen LogP contribution is 2.26. The quantitative estimate of drug-likeness (QED) is 0.761. The molecule has 0 saturated carbocycles. The third kappa shape index (κ3) is 4.46. The number of carbonyl (C=O) groups is 2. The highest BCUT2D eigenvalue weighted by molar-refractivity contribution is 9.10. The number of halogens is 1. The molecule has 0 spiro atoms. The molecule has 0 unspecified atom stereocenters. The van der Waals surface area contributed by atoms with Crippen LogP contribution in [-0.2, 0) is 16.0 Å². The standard InChI is InChI=1S/C18H20BrN3O2S/c1-2-16(23)21-6-8-22(9-7-21)17(24)11-15-12-25-18(20-15)13-4-3-5-14(19)10-13/h3-5,10,12H,2,6-9,11H2,1H3. The molecule has 0 aliphatic carbocycles. The molecule has 3 rings (SSSR count). The van der Waals surface area contributed by atoms with Crippen LogP contribution in [0.1, 0.15) is 19.0 Å². The van der Waals surface area contributed by atoms with Gasteiger partial charge in [0.15, 0.2) is 0 Å². The van der Waals surface area contributed by atoms with E-state index in [4.69, 9.17) is 0 Å². The summed E-state index contributed by atoms with van der Waals surface area (Å²) in [5, 5.41) is 2.87. The summed E-state index contributed by atoms with van der Waals surface area (Å²) in [6.45, 7) is 4.32. The zero-order valence-corrected chi connectivity index (χ0v) is 16.5. The lowest BCUT2D eigenvalue weighted by atomic mass is 10.2. The predicted octanol–water partition coefficient (Wildman–Crippen LogP) is 3.20. The summed E-state index contributed by atoms with van der Waals surface area (Å²) in [5.41, 5.74) is 1.85. The SMILES string of the molecule is CCC(=O)N1CCN(C(=O)Cc2csc(-c3cccc(Br)c3)n2)CC1. The van der Waals surface area contributed by atoms with Gasteiger partial charge in [-0.1, -0.05) is 35.0 Å². The minimum absolute atomic E-state index is 0.0784. The van der Waals surface area contributed by atoms with Crippen molar-refractivity contribution in [1.82, 2.24) is 14.8 Å². The first-order valence-electron chi connectivity index (χ1n) is 8.32. The Morgan fingerprint density at radius 2 is 1.84 bits per heavy atom. The lowest BCUT2D eigenvalue weighted by Gasteiger charge is -2.34. The molecular weight excluding hydrogens is 402 g/mol. The van der Waals surface area contributed by atoms with Crippen LogP contribution >= 0.6 is 27.3 Å². The van der Waals surface area contributed by atoms with Gasteiger partial charge >= 0.3 is 0 Å². The third-order valence-corrected chi connectivity index (χ3v) is 5.68. The molecule has 2 amide bonds. The van der Waals surface area contributed by atoms with Gasteiger partial charge in [-0.05, 0) is 12.1 Å². The van der Waals surface area contributed by atoms with Crippen molar-refractivity contribution >= 4 is 39.1 Å². The van der Waals surface area contributed by atoms with E-state index in [0.717, 1.165) is 20.7 Å². The van der Waals surface area contributed by atoms with Gasteiger partial charge in [-0.2, -0.15) is 0 Å². The van der Waals surface area contributed by atoms with Gasteiger partial charge < -0.3 is 9.80 Å². The first kappa shape index (κ1) is 18.1. The van der Waals surface area contributed by atoms with Gasteiger partial charge in [-0.25, -0.2) is 4.98 Å². The minimum Gasteiger partial charge on any atom is -0.339 e. The zero-order valence-electron chi connectivity index (χ0n) is 14.1. The fourth-order valence-corrected chi connectivity index (χ4v) is 4.05. The van der Waals surface area contributed by atoms with Crippen molar-refractivity contribution in [2.75, 3.05) is 26.2 Å². The van der Waals surface area contributed by atoms with Crippen LogP contribution in [0, 0.1) is 0 Å². The van der Waals surface area contributed by atoms with Crippen LogP contribution in [-0.4, -0.2) is 52.8 Å². The maximum absolute atomic E-state index is 12.5. The molecule has 1 aliphatic heterocycles. The van der Waals surface area contributed by atoms with Crippen molar-refractivity contribution in [3.05, 3.63) is 39.8 Å². The molecule has 0 bridgehead atoms. The van der Waals surface area contributed by atoms with Crippen LogP contribution < -0.4 is 0 Å². The number of carbonyl (C=O) groups excluding carboxylic acids is 2. The molecule has 132 valence electrons. The van der Waals surface area contributed by atoms with E-state index in [0.29, 0.717) is 39.0 Å². The van der Waals surface area contributed by atoms with Crippen LogP contribution in [0.5, 0.6) is 0 Å². The first-order valence-corrected chi connectivity index (χ1v) is 10.00. The Balaban J connectivity index is 1.58. The number of amides is 2. The minimum atomic E-state index is 0.0784. The van der Waals surface area contributed by atoms with Gasteiger partial charge in [-0.3, -0.25) is 9.59 Å². The second-order valence-electron chi connectivity index (χ2n) is 5.95. The molecule has 25 heavy (non-hydrogen) atoms. The van der Waals surface area contributed by atoms with E-state index in [-0.39, 0.29) is 11.8 Å². The van der Waals surface area contributed by atoms with E-state index >= 15 is 0 Å². The summed E-state index contributed by atoms with van der Waals surface area (Å²) in [7, 11) is 0. The Morgan fingerprint density at radius 3 is 2.48 bits per heavy atom. The summed E-state index contributed by atoms with van der Waals surface area (Å²) in [4.78, 5) is 32.5. The Kier molecular flexibility index (Phi) is 5.86. The maximum atomic E-state index is 12.5. The second-order valence-corrected chi connectivity index (χ2v) is 7.72. The van der Waals surface area contributed by atoms with E-state index in [1.54, 1.807) is 11.3 Å². The van der Waals surface area contributed by atoms with Gasteiger partial charge in [0.05, 0.1) is 12.1 Å². The summed E-state index contributed by atoms with van der Waals surface area (Å²) in [5.74, 6) is 0.236. The monoisotopic (exact) mass is 421 g/mol. The number of hydrogen-bond donors (Lipinski definition) is 0. The van der Waals surface area contributed by atoms with Crippen LogP contribution in [0.2, 0.25) is 0 Å². The first-order chi connectivity index (χ1) is 12.1. The zero-order chi connectivity index (χ0) is 17.8. The largest absolute Gasteiger partial charge is 0.339 e. The van der Waals surface area contributed by atoms with E-state index < -0.39 is 0 Å². The van der Waals surface area contributed by atoms with Gasteiger partial charge in [-0.15, -0.1) is 11.3 Å². The van der Waals surface area contributed by atoms with Crippen molar-refractivity contribution < 1.29 is 9.59 Å². The van der Waals surface area contributed by atoms with Crippen molar-refractivity contribution in [2.45, 2.75) is 19.8 Å². The summed E-state index contributed by atoms with van der Waals surface area (Å²) >= 11 is 5.02. The number of benzene rings is 1. The average molecular weight is 422 g/mol. The molecule has 1 aromatic carbocycles. The van der Waals surface area contributed by atoms with E-state index in [2.05, 4.69) is 20.9 Å². The van der Waals surface area contributed by atoms with Crippen LogP contribution in [0.3, 0.4) is 0 Å². The third-order valence-electron chi connectivity index (χ3n) is 4.24. The van der Waals surface area contributed by atoms with Gasteiger partial charge in [0, 0.05) is 48.0 Å². The molecule has 0 N–H and O–H groups in total. The Hall–Kier alpha value is -1.73. The molecule has 0 atom stereocenters. The number of piperazine rings is 1. The van der Waals surface area contributed by atoms with Crippen molar-refractivity contribution in [3.63, 3.8) is 0 Å². The highest BCUT2D eigenvalue weighted by Gasteiger charge is 2.23. The highest BCUT2D eigenvalue weighted by atomic mass is 79.9. The molecule has 7 heteroatoms. The fourth-order valence-electron chi connectivity index (χ4n) is 2.84. The van der Waals surface area contributed by atoms with E-state index in [1.807, 2.05) is 46.4 Å². The van der Waals surface area contributed by atoms with Crippen molar-refractivity contribution in [1.29, 1.82) is 0 Å². The normalized spacial score (nSPS) is 14.6. The van der Waals surface area contributed by atoms with Gasteiger partial charge in [0.2, 0.25) is 11.8 Å². The predicted molar refractivity (Wildman–Crippen MR) is 102 cm³/mol. The Labute approximate surface area is 159 Å². The Bertz CT molecular complexity index is 769. The second kappa shape index (κ2) is 8.10. The van der Waals surface area contributed by atoms with Crippen LogP contribution in [0.4, 0.5) is 0 Å². The number of thiazole rings is 1. The summed E-state index contributed by atoms with van der Waals surface area (Å²) < 4.78 is 1.01. The van der Waals surface area contributed by atoms with Crippen molar-refractivity contribution in [2.24, 2.45) is 0 Å². The number of nitrogens with zero attached hydrogens (tertiary/aromatic N) is 3. The summed E-state index contributed by atoms with van der Waals surface area (Å²) in [6.07, 6.45) is 0.831. The molecule has 1 fully saturated rings. The summed E-state index contributed by atoms with van der Waals surface area (Å²) in [6, 6.07) is 7.99. The molecule has 2 heterocycles. The maximum Gasteiger partial charge on any atom is 0.228 e. The van der Waals surface area contributed by atoms with Crippen LogP contribution in [0.15, 0.2) is 34.1 Å². The number of hydrogen-bond acceptors (Lipinski definition) is 4. The molecule has 1 saturated heterocycles. The van der Waals surface area contributed by atoms with Gasteiger partial charge in [0.1, 0.15) is 5.01 Å². The molecule has 1 aliphatic rings. The fraction of sp³-hybridized carbons (Fsp3) is 0.389. The van der Waals surface area contributed by atoms with E-state index in [9.17, 15) is 9.59 Å². The average Bonchev–Trinajstić information content (AvgIpc) is 3.09. The van der Waals surface area contributed by atoms with E-state index in [1.165, 1.54) is 0 Å². The smallest absolute Gasteiger partial charge is 0.228 e. The molecule has 0 radical (unpaired) electrons. The Morgan fingerprint density at radius 1 is 1.16 bits per heavy atom. The van der Waals surface area contributed by atoms with Crippen molar-refractivity contribution in [3.8, 4) is 10.6 Å². The number of rotatable bonds is 4. The lowest BCUT2D eigenvalue weighted by molar-refractivity contribution is -0.139. The molecule has 5 nitrogen and oxygen atoms in total.